The van der Waals surface area contributed by atoms with Crippen LogP contribution in [0.25, 0.3) is 0 Å². The molecule has 0 saturated carbocycles. The van der Waals surface area contributed by atoms with Crippen molar-refractivity contribution in [2.45, 2.75) is 33.7 Å². The molecule has 1 aliphatic rings. The molecule has 1 aromatic carbocycles. The normalized spacial score (nSPS) is 20.3. The van der Waals surface area contributed by atoms with Gasteiger partial charge in [-0.05, 0) is 42.0 Å². The van der Waals surface area contributed by atoms with Gasteiger partial charge in [-0.1, -0.05) is 38.4 Å². The smallest absolute Gasteiger partial charge is 0.335 e. The van der Waals surface area contributed by atoms with Crippen LogP contribution >= 0.6 is 11.6 Å². The number of carboxylic acid groups (broad SMARTS) is 1. The molecule has 2 rings (SSSR count). The minimum Gasteiger partial charge on any atom is -0.478 e. The van der Waals surface area contributed by atoms with E-state index in [0.717, 1.165) is 25.2 Å². The largest absolute Gasteiger partial charge is 0.478 e. The molecule has 0 spiro atoms. The number of halogens is 1. The average Bonchev–Trinajstić information content (AvgIpc) is 2.80. The number of rotatable bonds is 3. The van der Waals surface area contributed by atoms with E-state index in [1.54, 1.807) is 6.07 Å². The van der Waals surface area contributed by atoms with E-state index in [4.69, 9.17) is 16.7 Å². The van der Waals surface area contributed by atoms with E-state index < -0.39 is 5.97 Å². The summed E-state index contributed by atoms with van der Waals surface area (Å²) in [5.74, 6) is -0.230. The van der Waals surface area contributed by atoms with Crippen LogP contribution in [0.2, 0.25) is 5.02 Å². The maximum atomic E-state index is 10.9. The van der Waals surface area contributed by atoms with Crippen molar-refractivity contribution in [1.82, 2.24) is 4.90 Å². The Labute approximate surface area is 125 Å². The molecule has 1 aliphatic heterocycles. The second kappa shape index (κ2) is 5.74. The van der Waals surface area contributed by atoms with Gasteiger partial charge < -0.3 is 5.11 Å². The van der Waals surface area contributed by atoms with Gasteiger partial charge in [-0.3, -0.25) is 4.90 Å². The van der Waals surface area contributed by atoms with Gasteiger partial charge in [0, 0.05) is 18.1 Å². The summed E-state index contributed by atoms with van der Waals surface area (Å²) < 4.78 is 0. The molecule has 110 valence electrons. The summed E-state index contributed by atoms with van der Waals surface area (Å²) in [6.07, 6.45) is 1.22. The number of carbonyl (C=O) groups is 1. The molecule has 4 heteroatoms. The first-order valence-electron chi connectivity index (χ1n) is 7.01. The van der Waals surface area contributed by atoms with E-state index in [9.17, 15) is 4.79 Å². The summed E-state index contributed by atoms with van der Waals surface area (Å²) in [5.41, 5.74) is 1.59. The van der Waals surface area contributed by atoms with E-state index in [0.29, 0.717) is 16.4 Å². The molecule has 1 atom stereocenters. The van der Waals surface area contributed by atoms with Gasteiger partial charge in [-0.25, -0.2) is 4.79 Å². The highest BCUT2D eigenvalue weighted by Crippen LogP contribution is 2.34. The van der Waals surface area contributed by atoms with Crippen LogP contribution in [-0.2, 0) is 6.54 Å². The maximum absolute atomic E-state index is 10.9. The Kier molecular flexibility index (Phi) is 4.40. The average molecular weight is 296 g/mol. The quantitative estimate of drug-likeness (QED) is 0.919. The summed E-state index contributed by atoms with van der Waals surface area (Å²) in [5, 5.41) is 9.49. The Morgan fingerprint density at radius 3 is 2.65 bits per heavy atom. The van der Waals surface area contributed by atoms with Crippen molar-refractivity contribution >= 4 is 17.6 Å². The van der Waals surface area contributed by atoms with E-state index in [-0.39, 0.29) is 5.56 Å². The number of nitrogens with zero attached hydrogens (tertiary/aromatic N) is 1. The van der Waals surface area contributed by atoms with Crippen molar-refractivity contribution in [3.05, 3.63) is 34.3 Å². The van der Waals surface area contributed by atoms with Crippen molar-refractivity contribution < 1.29 is 9.90 Å². The molecular weight excluding hydrogens is 274 g/mol. The molecule has 1 heterocycles. The predicted octanol–water partition coefficient (Wildman–Crippen LogP) is 3.91. The topological polar surface area (TPSA) is 40.5 Å². The molecule has 1 aromatic rings. The number of aromatic carboxylic acids is 1. The van der Waals surface area contributed by atoms with Crippen molar-refractivity contribution in [1.29, 1.82) is 0 Å². The SMILES string of the molecule is CC(C)(C)C1CCN(Cc2ccc(C(=O)O)cc2Cl)C1. The predicted molar refractivity (Wildman–Crippen MR) is 81.3 cm³/mol. The zero-order chi connectivity index (χ0) is 14.9. The molecule has 0 radical (unpaired) electrons. The maximum Gasteiger partial charge on any atom is 0.335 e. The van der Waals surface area contributed by atoms with Gasteiger partial charge in [0.15, 0.2) is 0 Å². The fraction of sp³-hybridized carbons (Fsp3) is 0.562. The number of hydrogen-bond donors (Lipinski definition) is 1. The molecule has 0 aliphatic carbocycles. The highest BCUT2D eigenvalue weighted by Gasteiger charge is 2.31. The van der Waals surface area contributed by atoms with Crippen LogP contribution in [-0.4, -0.2) is 29.1 Å². The van der Waals surface area contributed by atoms with Crippen LogP contribution in [0.1, 0.15) is 43.1 Å². The van der Waals surface area contributed by atoms with E-state index in [1.807, 2.05) is 6.07 Å². The molecule has 3 nitrogen and oxygen atoms in total. The van der Waals surface area contributed by atoms with Crippen LogP contribution in [0.4, 0.5) is 0 Å². The minimum absolute atomic E-state index is 0.243. The fourth-order valence-electron chi connectivity index (χ4n) is 2.73. The number of benzene rings is 1. The van der Waals surface area contributed by atoms with Crippen LogP contribution < -0.4 is 0 Å². The van der Waals surface area contributed by atoms with Gasteiger partial charge in [0.2, 0.25) is 0 Å². The van der Waals surface area contributed by atoms with Crippen molar-refractivity contribution in [2.24, 2.45) is 11.3 Å². The summed E-state index contributed by atoms with van der Waals surface area (Å²) in [7, 11) is 0. The first-order valence-corrected chi connectivity index (χ1v) is 7.39. The Morgan fingerprint density at radius 1 is 1.45 bits per heavy atom. The van der Waals surface area contributed by atoms with Gasteiger partial charge >= 0.3 is 5.97 Å². The van der Waals surface area contributed by atoms with E-state index in [1.165, 1.54) is 12.5 Å². The Bertz CT molecular complexity index is 508. The van der Waals surface area contributed by atoms with Crippen molar-refractivity contribution in [3.63, 3.8) is 0 Å². The zero-order valence-electron chi connectivity index (χ0n) is 12.3. The van der Waals surface area contributed by atoms with Crippen LogP contribution in [0.5, 0.6) is 0 Å². The summed E-state index contributed by atoms with van der Waals surface area (Å²) >= 11 is 6.19. The Balaban J connectivity index is 2.03. The first-order chi connectivity index (χ1) is 9.27. The van der Waals surface area contributed by atoms with Gasteiger partial charge in [0.25, 0.3) is 0 Å². The monoisotopic (exact) mass is 295 g/mol. The Hall–Kier alpha value is -1.06. The highest BCUT2D eigenvalue weighted by molar-refractivity contribution is 6.31. The fourth-order valence-corrected chi connectivity index (χ4v) is 2.97. The standard InChI is InChI=1S/C16H22ClNO2/c1-16(2,3)13-6-7-18(10-13)9-12-5-4-11(15(19)20)8-14(12)17/h4-5,8,13H,6-7,9-10H2,1-3H3,(H,19,20). The van der Waals surface area contributed by atoms with Crippen molar-refractivity contribution in [2.75, 3.05) is 13.1 Å². The zero-order valence-corrected chi connectivity index (χ0v) is 13.1. The third kappa shape index (κ3) is 3.53. The lowest BCUT2D eigenvalue weighted by Gasteiger charge is -2.27. The lowest BCUT2D eigenvalue weighted by molar-refractivity contribution is 0.0697. The van der Waals surface area contributed by atoms with E-state index in [2.05, 4.69) is 25.7 Å². The molecule has 1 saturated heterocycles. The van der Waals surface area contributed by atoms with Gasteiger partial charge in [0.1, 0.15) is 0 Å². The second-order valence-electron chi connectivity index (χ2n) is 6.70. The number of likely N-dealkylation sites (tertiary alicyclic amines) is 1. The highest BCUT2D eigenvalue weighted by atomic mass is 35.5. The third-order valence-electron chi connectivity index (χ3n) is 4.19. The Morgan fingerprint density at radius 2 is 2.15 bits per heavy atom. The van der Waals surface area contributed by atoms with Gasteiger partial charge in [-0.2, -0.15) is 0 Å². The van der Waals surface area contributed by atoms with E-state index >= 15 is 0 Å². The molecule has 20 heavy (non-hydrogen) atoms. The summed E-state index contributed by atoms with van der Waals surface area (Å²) in [4.78, 5) is 13.3. The molecule has 1 unspecified atom stereocenters. The van der Waals surface area contributed by atoms with Gasteiger partial charge in [-0.15, -0.1) is 0 Å². The minimum atomic E-state index is -0.938. The van der Waals surface area contributed by atoms with Crippen LogP contribution in [0.15, 0.2) is 18.2 Å². The summed E-state index contributed by atoms with van der Waals surface area (Å²) in [6, 6.07) is 4.99. The van der Waals surface area contributed by atoms with Crippen LogP contribution in [0, 0.1) is 11.3 Å². The molecular formula is C16H22ClNO2. The third-order valence-corrected chi connectivity index (χ3v) is 4.54. The number of carboxylic acids is 1. The van der Waals surface area contributed by atoms with Crippen molar-refractivity contribution in [3.8, 4) is 0 Å². The molecule has 1 fully saturated rings. The summed E-state index contributed by atoms with van der Waals surface area (Å²) in [6.45, 7) is 9.83. The molecule has 1 N–H and O–H groups in total. The van der Waals surface area contributed by atoms with Gasteiger partial charge in [0.05, 0.1) is 5.56 Å². The second-order valence-corrected chi connectivity index (χ2v) is 7.11. The number of hydrogen-bond acceptors (Lipinski definition) is 2. The molecule has 0 aromatic heterocycles. The van der Waals surface area contributed by atoms with Crippen LogP contribution in [0.3, 0.4) is 0 Å². The first kappa shape index (κ1) is 15.3. The molecule has 0 bridgehead atoms. The lowest BCUT2D eigenvalue weighted by atomic mass is 9.80. The molecule has 0 amide bonds. The lowest BCUT2D eigenvalue weighted by Crippen LogP contribution is -2.25.